The Bertz CT molecular complexity index is 1480. The van der Waals surface area contributed by atoms with E-state index in [9.17, 15) is 19.7 Å². The van der Waals surface area contributed by atoms with E-state index in [0.29, 0.717) is 44.6 Å². The Kier molecular flexibility index (Phi) is 8.50. The van der Waals surface area contributed by atoms with E-state index in [-0.39, 0.29) is 18.9 Å². The molecule has 1 aromatic heterocycles. The highest BCUT2D eigenvalue weighted by atomic mass is 32.1. The van der Waals surface area contributed by atoms with Crippen molar-refractivity contribution in [3.63, 3.8) is 0 Å². The Hall–Kier alpha value is -4.38. The van der Waals surface area contributed by atoms with Crippen LogP contribution in [0.2, 0.25) is 0 Å². The fourth-order valence-electron chi connectivity index (χ4n) is 4.62. The maximum Gasteiger partial charge on any atom is 0.336 e. The summed E-state index contributed by atoms with van der Waals surface area (Å²) in [7, 11) is 0. The molecule has 0 spiro atoms. The molecule has 4 rings (SSSR count). The molecule has 2 atom stereocenters. The number of aromatic nitrogens is 1. The minimum atomic E-state index is -0.826. The van der Waals surface area contributed by atoms with Crippen molar-refractivity contribution in [2.75, 3.05) is 18.5 Å². The van der Waals surface area contributed by atoms with E-state index in [1.54, 1.807) is 45.2 Å². The Labute approximate surface area is 229 Å². The lowest BCUT2D eigenvalue weighted by Crippen LogP contribution is -2.36. The second kappa shape index (κ2) is 12.0. The number of allylic oxidation sites excluding steroid dienone is 1. The molecule has 10 nitrogen and oxygen atoms in total. The number of benzene rings is 2. The summed E-state index contributed by atoms with van der Waals surface area (Å²) >= 11 is 1.33. The fourth-order valence-corrected chi connectivity index (χ4v) is 5.36. The minimum Gasteiger partial charge on any atom is -0.465 e. The maximum atomic E-state index is 13.2. The van der Waals surface area contributed by atoms with Gasteiger partial charge in [-0.25, -0.2) is 9.78 Å². The van der Waals surface area contributed by atoms with Crippen LogP contribution in [0.4, 0.5) is 16.5 Å². The zero-order valence-electron chi connectivity index (χ0n) is 22.0. The number of nitro benzene ring substituents is 1. The SMILES string of the molecule is CCOC(=O)C1=C(C)N=C(C)C(C(=O)OCC)C1c1ccccc1Nc1nc(-c2cccc([N+](=O)[O-])c2)cs1. The third-order valence-corrected chi connectivity index (χ3v) is 7.02. The second-order valence-electron chi connectivity index (χ2n) is 8.74. The molecule has 39 heavy (non-hydrogen) atoms. The smallest absolute Gasteiger partial charge is 0.336 e. The summed E-state index contributed by atoms with van der Waals surface area (Å²) in [5.74, 6) is -2.55. The van der Waals surface area contributed by atoms with Gasteiger partial charge in [0.1, 0.15) is 5.92 Å². The Morgan fingerprint density at radius 1 is 1.08 bits per heavy atom. The molecule has 202 valence electrons. The Morgan fingerprint density at radius 3 is 2.54 bits per heavy atom. The Morgan fingerprint density at radius 2 is 1.82 bits per heavy atom. The van der Waals surface area contributed by atoms with Gasteiger partial charge >= 0.3 is 11.9 Å². The van der Waals surface area contributed by atoms with E-state index in [4.69, 9.17) is 9.47 Å². The van der Waals surface area contributed by atoms with Gasteiger partial charge in [0, 0.05) is 46.1 Å². The van der Waals surface area contributed by atoms with E-state index in [1.807, 2.05) is 24.3 Å². The zero-order chi connectivity index (χ0) is 28.1. The van der Waals surface area contributed by atoms with Crippen LogP contribution in [0.1, 0.15) is 39.2 Å². The first-order valence-corrected chi connectivity index (χ1v) is 13.3. The molecule has 0 radical (unpaired) electrons. The van der Waals surface area contributed by atoms with Crippen LogP contribution in [0.25, 0.3) is 11.3 Å². The number of hydrogen-bond acceptors (Lipinski definition) is 10. The summed E-state index contributed by atoms with van der Waals surface area (Å²) in [6, 6.07) is 13.6. The number of non-ortho nitro benzene ring substituents is 1. The average Bonchev–Trinajstić information content (AvgIpc) is 3.37. The highest BCUT2D eigenvalue weighted by molar-refractivity contribution is 7.14. The number of nitrogens with one attached hydrogen (secondary N) is 1. The summed E-state index contributed by atoms with van der Waals surface area (Å²) in [4.78, 5) is 46.2. The molecule has 0 aliphatic carbocycles. The lowest BCUT2D eigenvalue weighted by Gasteiger charge is -2.32. The van der Waals surface area contributed by atoms with Crippen molar-refractivity contribution >= 4 is 45.5 Å². The monoisotopic (exact) mass is 548 g/mol. The van der Waals surface area contributed by atoms with Crippen LogP contribution in [0.5, 0.6) is 0 Å². The van der Waals surface area contributed by atoms with Gasteiger partial charge in [0.25, 0.3) is 5.69 Å². The first kappa shape index (κ1) is 27.6. The van der Waals surface area contributed by atoms with Crippen molar-refractivity contribution in [1.29, 1.82) is 0 Å². The number of para-hydroxylation sites is 1. The van der Waals surface area contributed by atoms with Gasteiger partial charge in [-0.05, 0) is 39.3 Å². The van der Waals surface area contributed by atoms with Crippen molar-refractivity contribution in [3.05, 3.63) is 80.9 Å². The second-order valence-corrected chi connectivity index (χ2v) is 9.60. The average molecular weight is 549 g/mol. The van der Waals surface area contributed by atoms with E-state index >= 15 is 0 Å². The normalized spacial score (nSPS) is 16.9. The molecule has 2 unspecified atom stereocenters. The number of nitro groups is 1. The van der Waals surface area contributed by atoms with E-state index in [1.165, 1.54) is 23.5 Å². The highest BCUT2D eigenvalue weighted by Crippen LogP contribution is 2.43. The summed E-state index contributed by atoms with van der Waals surface area (Å²) in [5, 5.41) is 16.9. The van der Waals surface area contributed by atoms with Gasteiger partial charge in [0.05, 0.1) is 29.4 Å². The largest absolute Gasteiger partial charge is 0.465 e. The van der Waals surface area contributed by atoms with Crippen molar-refractivity contribution in [2.45, 2.75) is 33.6 Å². The van der Waals surface area contributed by atoms with Crippen molar-refractivity contribution < 1.29 is 24.0 Å². The molecule has 1 aliphatic heterocycles. The quantitative estimate of drug-likeness (QED) is 0.194. The fraction of sp³-hybridized carbons (Fsp3) is 0.286. The molecule has 0 saturated carbocycles. The first-order valence-electron chi connectivity index (χ1n) is 12.4. The van der Waals surface area contributed by atoms with Gasteiger partial charge in [0.2, 0.25) is 0 Å². The van der Waals surface area contributed by atoms with Crippen LogP contribution in [0.15, 0.2) is 70.2 Å². The summed E-state index contributed by atoms with van der Waals surface area (Å²) < 4.78 is 10.8. The molecular weight excluding hydrogens is 520 g/mol. The van der Waals surface area contributed by atoms with Crippen molar-refractivity contribution in [3.8, 4) is 11.3 Å². The molecule has 1 aliphatic rings. The number of rotatable bonds is 9. The molecule has 2 aromatic carbocycles. The summed E-state index contributed by atoms with van der Waals surface area (Å²) in [5.41, 5.74) is 3.82. The molecule has 0 bridgehead atoms. The van der Waals surface area contributed by atoms with Crippen LogP contribution >= 0.6 is 11.3 Å². The third kappa shape index (κ3) is 5.88. The van der Waals surface area contributed by atoms with Gasteiger partial charge in [-0.2, -0.15) is 0 Å². The lowest BCUT2D eigenvalue weighted by atomic mass is 9.75. The number of hydrogen-bond donors (Lipinski definition) is 1. The van der Waals surface area contributed by atoms with Crippen LogP contribution in [0, 0.1) is 16.0 Å². The molecule has 11 heteroatoms. The van der Waals surface area contributed by atoms with Gasteiger partial charge < -0.3 is 14.8 Å². The molecule has 3 aromatic rings. The number of carbonyl (C=O) groups excluding carboxylic acids is 2. The number of ether oxygens (including phenoxy) is 2. The zero-order valence-corrected chi connectivity index (χ0v) is 22.8. The van der Waals surface area contributed by atoms with Gasteiger partial charge in [-0.15, -0.1) is 11.3 Å². The predicted molar refractivity (Wildman–Crippen MR) is 149 cm³/mol. The number of anilines is 2. The first-order chi connectivity index (χ1) is 18.7. The lowest BCUT2D eigenvalue weighted by molar-refractivity contribution is -0.384. The number of aliphatic imine (C=N–C) groups is 1. The van der Waals surface area contributed by atoms with Crippen LogP contribution in [0.3, 0.4) is 0 Å². The summed E-state index contributed by atoms with van der Waals surface area (Å²) in [6.45, 7) is 7.29. The van der Waals surface area contributed by atoms with Gasteiger partial charge in [0.15, 0.2) is 5.13 Å². The number of carbonyl (C=O) groups is 2. The van der Waals surface area contributed by atoms with Crippen LogP contribution in [-0.4, -0.2) is 40.8 Å². The number of thiazole rings is 1. The van der Waals surface area contributed by atoms with Gasteiger partial charge in [-0.3, -0.25) is 19.9 Å². The van der Waals surface area contributed by atoms with Gasteiger partial charge in [-0.1, -0.05) is 30.3 Å². The molecule has 1 N–H and O–H groups in total. The number of nitrogens with zero attached hydrogens (tertiary/aromatic N) is 3. The minimum absolute atomic E-state index is 0.0200. The van der Waals surface area contributed by atoms with Crippen LogP contribution < -0.4 is 5.32 Å². The molecule has 0 amide bonds. The molecule has 0 saturated heterocycles. The van der Waals surface area contributed by atoms with Crippen molar-refractivity contribution in [1.82, 2.24) is 4.98 Å². The predicted octanol–water partition coefficient (Wildman–Crippen LogP) is 6.04. The summed E-state index contributed by atoms with van der Waals surface area (Å²) in [6.07, 6.45) is 0. The molecule has 2 heterocycles. The Balaban J connectivity index is 1.76. The van der Waals surface area contributed by atoms with Crippen LogP contribution in [-0.2, 0) is 19.1 Å². The van der Waals surface area contributed by atoms with Crippen molar-refractivity contribution in [2.24, 2.45) is 10.9 Å². The maximum absolute atomic E-state index is 13.2. The topological polar surface area (TPSA) is 133 Å². The standard InChI is InChI=1S/C28H28N4O6S/c1-5-37-26(33)23-16(3)29-17(4)24(27(34)38-6-2)25(23)20-12-7-8-13-21(20)30-28-31-22(15-39-28)18-10-9-11-19(14-18)32(35)36/h7-15,23,25H,5-6H2,1-4H3,(H,30,31). The number of esters is 2. The van der Waals surface area contributed by atoms with E-state index in [0.717, 1.165) is 0 Å². The molecular formula is C28H28N4O6S. The van der Waals surface area contributed by atoms with E-state index in [2.05, 4.69) is 15.3 Å². The highest BCUT2D eigenvalue weighted by Gasteiger charge is 2.43. The third-order valence-electron chi connectivity index (χ3n) is 6.26. The molecule has 0 fully saturated rings. The van der Waals surface area contributed by atoms with E-state index < -0.39 is 28.7 Å².